The Morgan fingerprint density at radius 1 is 1.25 bits per heavy atom. The highest BCUT2D eigenvalue weighted by atomic mass is 32.2. The fourth-order valence-corrected chi connectivity index (χ4v) is 2.81. The summed E-state index contributed by atoms with van der Waals surface area (Å²) >= 11 is 0. The quantitative estimate of drug-likeness (QED) is 0.520. The van der Waals surface area contributed by atoms with E-state index in [2.05, 4.69) is 10.6 Å². The number of sulfonamides is 1. The van der Waals surface area contributed by atoms with Crippen LogP contribution in [0.15, 0.2) is 53.4 Å². The van der Waals surface area contributed by atoms with Crippen molar-refractivity contribution >= 4 is 16.1 Å². The van der Waals surface area contributed by atoms with Crippen molar-refractivity contribution < 1.29 is 27.4 Å². The average Bonchev–Trinajstić information content (AvgIpc) is 2.64. The molecule has 0 aliphatic rings. The second-order valence-electron chi connectivity index (χ2n) is 6.11. The summed E-state index contributed by atoms with van der Waals surface area (Å²) in [6.45, 7) is 1.53. The Kier molecular flexibility index (Phi) is 7.32. The molecule has 10 heteroatoms. The van der Waals surface area contributed by atoms with Crippen molar-refractivity contribution in [3.8, 4) is 5.75 Å². The average molecular weight is 411 g/mol. The van der Waals surface area contributed by atoms with Gasteiger partial charge < -0.3 is 20.5 Å². The number of amides is 2. The van der Waals surface area contributed by atoms with Gasteiger partial charge in [0.15, 0.2) is 0 Å². The lowest BCUT2D eigenvalue weighted by atomic mass is 10.1. The van der Waals surface area contributed by atoms with Crippen LogP contribution in [-0.2, 0) is 10.0 Å². The largest absolute Gasteiger partial charge is 0.491 e. The molecule has 8 nitrogen and oxygen atoms in total. The van der Waals surface area contributed by atoms with Gasteiger partial charge in [-0.3, -0.25) is 0 Å². The molecule has 28 heavy (non-hydrogen) atoms. The lowest BCUT2D eigenvalue weighted by Gasteiger charge is -2.17. The first-order valence-electron chi connectivity index (χ1n) is 8.38. The molecule has 0 heterocycles. The molecular formula is C18H22FN3O5S. The van der Waals surface area contributed by atoms with Crippen molar-refractivity contribution in [2.24, 2.45) is 5.14 Å². The molecule has 0 saturated carbocycles. The Morgan fingerprint density at radius 3 is 2.54 bits per heavy atom. The molecule has 0 bridgehead atoms. The standard InChI is InChI=1S/C18H22FN3O5S/c1-12(13-5-7-17(8-6-13)28(20,25)26)22-18(24)21-10-15(23)11-27-16-4-2-3-14(19)9-16/h2-9,12,15,23H,10-11H2,1H3,(H2,20,25,26)(H2,21,22,24). The maximum atomic E-state index is 13.0. The van der Waals surface area contributed by atoms with Crippen LogP contribution in [0.1, 0.15) is 18.5 Å². The van der Waals surface area contributed by atoms with E-state index in [4.69, 9.17) is 9.88 Å². The van der Waals surface area contributed by atoms with Crippen LogP contribution < -0.4 is 20.5 Å². The number of benzene rings is 2. The zero-order valence-electron chi connectivity index (χ0n) is 15.1. The lowest BCUT2D eigenvalue weighted by Crippen LogP contribution is -2.42. The van der Waals surface area contributed by atoms with E-state index in [0.29, 0.717) is 5.56 Å². The lowest BCUT2D eigenvalue weighted by molar-refractivity contribution is 0.107. The molecule has 5 N–H and O–H groups in total. The Bertz CT molecular complexity index is 906. The van der Waals surface area contributed by atoms with E-state index in [0.717, 1.165) is 0 Å². The van der Waals surface area contributed by atoms with Crippen molar-refractivity contribution in [3.63, 3.8) is 0 Å². The normalized spacial score (nSPS) is 13.4. The zero-order valence-corrected chi connectivity index (χ0v) is 15.9. The van der Waals surface area contributed by atoms with Crippen LogP contribution in [-0.4, -0.2) is 38.8 Å². The molecule has 2 rings (SSSR count). The molecule has 0 fully saturated rings. The summed E-state index contributed by atoms with van der Waals surface area (Å²) in [6, 6.07) is 10.4. The minimum Gasteiger partial charge on any atom is -0.491 e. The maximum Gasteiger partial charge on any atom is 0.315 e. The van der Waals surface area contributed by atoms with E-state index >= 15 is 0 Å². The summed E-state index contributed by atoms with van der Waals surface area (Å²) in [5.41, 5.74) is 0.678. The number of nitrogens with one attached hydrogen (secondary N) is 2. The van der Waals surface area contributed by atoms with Crippen molar-refractivity contribution in [2.45, 2.75) is 24.0 Å². The summed E-state index contributed by atoms with van der Waals surface area (Å²) in [5, 5.41) is 20.1. The van der Waals surface area contributed by atoms with Gasteiger partial charge in [-0.25, -0.2) is 22.7 Å². The van der Waals surface area contributed by atoms with Crippen LogP contribution in [0.4, 0.5) is 9.18 Å². The molecule has 2 atom stereocenters. The van der Waals surface area contributed by atoms with E-state index in [1.807, 2.05) is 0 Å². The molecule has 0 aromatic heterocycles. The first-order valence-corrected chi connectivity index (χ1v) is 9.93. The SMILES string of the molecule is CC(NC(=O)NCC(O)COc1cccc(F)c1)c1ccc(S(N)(=O)=O)cc1. The predicted molar refractivity (Wildman–Crippen MR) is 101 cm³/mol. The molecule has 0 aliphatic carbocycles. The Labute approximate surface area is 162 Å². The number of hydrogen-bond acceptors (Lipinski definition) is 5. The third-order valence-electron chi connectivity index (χ3n) is 3.79. The number of hydrogen-bond donors (Lipinski definition) is 4. The Morgan fingerprint density at radius 2 is 1.93 bits per heavy atom. The van der Waals surface area contributed by atoms with Crippen LogP contribution in [0, 0.1) is 5.82 Å². The number of aliphatic hydroxyl groups excluding tert-OH is 1. The second-order valence-corrected chi connectivity index (χ2v) is 7.67. The van der Waals surface area contributed by atoms with Crippen molar-refractivity contribution in [3.05, 3.63) is 59.9 Å². The number of carbonyl (C=O) groups excluding carboxylic acids is 1. The highest BCUT2D eigenvalue weighted by Gasteiger charge is 2.13. The highest BCUT2D eigenvalue weighted by molar-refractivity contribution is 7.89. The van der Waals surface area contributed by atoms with Gasteiger partial charge in [-0.15, -0.1) is 0 Å². The Hall–Kier alpha value is -2.69. The van der Waals surface area contributed by atoms with Crippen molar-refractivity contribution in [2.75, 3.05) is 13.2 Å². The minimum absolute atomic E-state index is 0.0191. The molecule has 0 spiro atoms. The van der Waals surface area contributed by atoms with Gasteiger partial charge >= 0.3 is 6.03 Å². The van der Waals surface area contributed by atoms with E-state index in [9.17, 15) is 22.7 Å². The first-order chi connectivity index (χ1) is 13.1. The molecule has 0 saturated heterocycles. The predicted octanol–water partition coefficient (Wildman–Crippen LogP) is 1.27. The van der Waals surface area contributed by atoms with Crippen LogP contribution in [0.2, 0.25) is 0 Å². The molecule has 2 aromatic rings. The second kappa shape index (κ2) is 9.49. The summed E-state index contributed by atoms with van der Waals surface area (Å²) in [7, 11) is -3.77. The minimum atomic E-state index is -3.77. The molecule has 2 unspecified atom stereocenters. The highest BCUT2D eigenvalue weighted by Crippen LogP contribution is 2.15. The van der Waals surface area contributed by atoms with Crippen LogP contribution in [0.5, 0.6) is 5.75 Å². The van der Waals surface area contributed by atoms with E-state index in [1.165, 1.54) is 30.3 Å². The number of carbonyl (C=O) groups is 1. The van der Waals surface area contributed by atoms with Crippen LogP contribution in [0.3, 0.4) is 0 Å². The van der Waals surface area contributed by atoms with Crippen molar-refractivity contribution in [1.82, 2.24) is 10.6 Å². The van der Waals surface area contributed by atoms with Crippen LogP contribution >= 0.6 is 0 Å². The molecular weight excluding hydrogens is 389 g/mol. The van der Waals surface area contributed by atoms with Crippen LogP contribution in [0.25, 0.3) is 0 Å². The van der Waals surface area contributed by atoms with Gasteiger partial charge in [0.25, 0.3) is 0 Å². The maximum absolute atomic E-state index is 13.0. The third kappa shape index (κ3) is 6.80. The monoisotopic (exact) mass is 411 g/mol. The van der Waals surface area contributed by atoms with Gasteiger partial charge in [-0.1, -0.05) is 18.2 Å². The third-order valence-corrected chi connectivity index (χ3v) is 4.72. The number of rotatable bonds is 8. The van der Waals surface area contributed by atoms with E-state index < -0.39 is 34.0 Å². The molecule has 2 amide bonds. The van der Waals surface area contributed by atoms with E-state index in [-0.39, 0.29) is 23.8 Å². The summed E-state index contributed by atoms with van der Waals surface area (Å²) < 4.78 is 40.8. The number of primary sulfonamides is 1. The fourth-order valence-electron chi connectivity index (χ4n) is 2.30. The van der Waals surface area contributed by atoms with Gasteiger partial charge in [-0.05, 0) is 36.8 Å². The van der Waals surface area contributed by atoms with Gasteiger partial charge in [0.2, 0.25) is 10.0 Å². The first kappa shape index (κ1) is 21.6. The number of nitrogens with two attached hydrogens (primary N) is 1. The number of ether oxygens (including phenoxy) is 1. The number of aliphatic hydroxyl groups is 1. The zero-order chi connectivity index (χ0) is 20.7. The Balaban J connectivity index is 1.76. The molecule has 2 aromatic carbocycles. The smallest absolute Gasteiger partial charge is 0.315 e. The molecule has 152 valence electrons. The van der Waals surface area contributed by atoms with Gasteiger partial charge in [0.05, 0.1) is 10.9 Å². The van der Waals surface area contributed by atoms with Gasteiger partial charge in [0.1, 0.15) is 24.3 Å². The van der Waals surface area contributed by atoms with Gasteiger partial charge in [-0.2, -0.15) is 0 Å². The topological polar surface area (TPSA) is 131 Å². The molecule has 0 aliphatic heterocycles. The number of halogens is 1. The number of urea groups is 1. The van der Waals surface area contributed by atoms with E-state index in [1.54, 1.807) is 25.1 Å². The fraction of sp³-hybridized carbons (Fsp3) is 0.278. The van der Waals surface area contributed by atoms with Gasteiger partial charge in [0, 0.05) is 12.6 Å². The van der Waals surface area contributed by atoms with Crippen molar-refractivity contribution in [1.29, 1.82) is 0 Å². The summed E-state index contributed by atoms with van der Waals surface area (Å²) in [4.78, 5) is 11.9. The summed E-state index contributed by atoms with van der Waals surface area (Å²) in [5.74, 6) is -0.171. The molecule has 0 radical (unpaired) electrons. The summed E-state index contributed by atoms with van der Waals surface area (Å²) in [6.07, 6.45) is -0.988.